The van der Waals surface area contributed by atoms with E-state index in [2.05, 4.69) is 17.6 Å². The van der Waals surface area contributed by atoms with Crippen LogP contribution in [-0.2, 0) is 9.53 Å². The van der Waals surface area contributed by atoms with E-state index >= 15 is 0 Å². The molecule has 1 amide bonds. The number of rotatable bonds is 6. The predicted octanol–water partition coefficient (Wildman–Crippen LogP) is 1.31. The van der Waals surface area contributed by atoms with Gasteiger partial charge in [0.2, 0.25) is 5.91 Å². The summed E-state index contributed by atoms with van der Waals surface area (Å²) in [6.07, 6.45) is 5.89. The second-order valence-corrected chi connectivity index (χ2v) is 6.03. The molecule has 1 aliphatic carbocycles. The molecule has 4 nitrogen and oxygen atoms in total. The number of ether oxygens (including phenoxy) is 1. The van der Waals surface area contributed by atoms with Crippen molar-refractivity contribution in [1.29, 1.82) is 0 Å². The molecule has 104 valence electrons. The molecule has 0 spiro atoms. The fourth-order valence-corrected chi connectivity index (χ4v) is 3.19. The van der Waals surface area contributed by atoms with Crippen molar-refractivity contribution in [2.24, 2.45) is 10.8 Å². The van der Waals surface area contributed by atoms with Crippen molar-refractivity contribution in [2.75, 3.05) is 33.4 Å². The smallest absolute Gasteiger partial charge is 0.229 e. The molecule has 2 rings (SSSR count). The number of nitrogens with one attached hydrogen (secondary N) is 2. The van der Waals surface area contributed by atoms with Gasteiger partial charge in [0.15, 0.2) is 0 Å². The lowest BCUT2D eigenvalue weighted by Gasteiger charge is -2.42. The number of amides is 1. The van der Waals surface area contributed by atoms with Gasteiger partial charge in [0, 0.05) is 20.2 Å². The third kappa shape index (κ3) is 2.54. The fourth-order valence-electron chi connectivity index (χ4n) is 3.19. The van der Waals surface area contributed by atoms with E-state index in [1.165, 1.54) is 25.7 Å². The standard InChI is InChI=1S/C14H26N2O2/c1-3-13(5-4-6-13)9-16-12(17)14(11-18-2)7-8-15-10-14/h15H,3-11H2,1-2H3,(H,16,17). The van der Waals surface area contributed by atoms with Crippen molar-refractivity contribution in [3.63, 3.8) is 0 Å². The molecule has 0 bridgehead atoms. The lowest BCUT2D eigenvalue weighted by molar-refractivity contribution is -0.133. The van der Waals surface area contributed by atoms with E-state index in [9.17, 15) is 4.79 Å². The van der Waals surface area contributed by atoms with Gasteiger partial charge in [0.1, 0.15) is 0 Å². The summed E-state index contributed by atoms with van der Waals surface area (Å²) >= 11 is 0. The van der Waals surface area contributed by atoms with Gasteiger partial charge in [-0.25, -0.2) is 0 Å². The topological polar surface area (TPSA) is 50.4 Å². The van der Waals surface area contributed by atoms with Gasteiger partial charge in [-0.1, -0.05) is 13.3 Å². The first-order valence-electron chi connectivity index (χ1n) is 7.14. The minimum Gasteiger partial charge on any atom is -0.384 e. The average molecular weight is 254 g/mol. The molecule has 2 aliphatic rings. The summed E-state index contributed by atoms with van der Waals surface area (Å²) in [5.41, 5.74) is 0.0450. The average Bonchev–Trinajstić information content (AvgIpc) is 2.78. The molecule has 1 atom stereocenters. The summed E-state index contributed by atoms with van der Waals surface area (Å²) in [7, 11) is 1.67. The van der Waals surface area contributed by atoms with Gasteiger partial charge in [-0.2, -0.15) is 0 Å². The molecule has 1 aliphatic heterocycles. The first kappa shape index (κ1) is 13.8. The Kier molecular flexibility index (Phi) is 4.28. The Bertz CT molecular complexity index is 289. The highest BCUT2D eigenvalue weighted by Crippen LogP contribution is 2.43. The van der Waals surface area contributed by atoms with E-state index in [0.717, 1.165) is 26.1 Å². The molecule has 0 aromatic rings. The van der Waals surface area contributed by atoms with E-state index in [0.29, 0.717) is 12.0 Å². The summed E-state index contributed by atoms with van der Waals surface area (Å²) in [4.78, 5) is 12.4. The van der Waals surface area contributed by atoms with Crippen molar-refractivity contribution in [3.8, 4) is 0 Å². The van der Waals surface area contributed by atoms with Crippen LogP contribution >= 0.6 is 0 Å². The van der Waals surface area contributed by atoms with Crippen LogP contribution in [0.25, 0.3) is 0 Å². The molecule has 2 N–H and O–H groups in total. The monoisotopic (exact) mass is 254 g/mol. The maximum Gasteiger partial charge on any atom is 0.229 e. The van der Waals surface area contributed by atoms with E-state index in [4.69, 9.17) is 4.74 Å². The van der Waals surface area contributed by atoms with E-state index in [1.807, 2.05) is 0 Å². The Morgan fingerprint density at radius 1 is 1.39 bits per heavy atom. The normalized spacial score (nSPS) is 29.9. The molecular formula is C14H26N2O2. The van der Waals surface area contributed by atoms with Crippen molar-refractivity contribution in [1.82, 2.24) is 10.6 Å². The zero-order valence-corrected chi connectivity index (χ0v) is 11.7. The highest BCUT2D eigenvalue weighted by Gasteiger charge is 2.43. The van der Waals surface area contributed by atoms with Gasteiger partial charge in [-0.15, -0.1) is 0 Å². The quantitative estimate of drug-likeness (QED) is 0.751. The molecule has 2 fully saturated rings. The van der Waals surface area contributed by atoms with Gasteiger partial charge < -0.3 is 15.4 Å². The Labute approximate surface area is 110 Å². The van der Waals surface area contributed by atoms with E-state index in [1.54, 1.807) is 7.11 Å². The Hall–Kier alpha value is -0.610. The summed E-state index contributed by atoms with van der Waals surface area (Å²) in [6.45, 7) is 5.24. The number of methoxy groups -OCH3 is 1. The van der Waals surface area contributed by atoms with Crippen molar-refractivity contribution in [3.05, 3.63) is 0 Å². The first-order valence-corrected chi connectivity index (χ1v) is 7.14. The third-order valence-electron chi connectivity index (χ3n) is 4.93. The largest absolute Gasteiger partial charge is 0.384 e. The van der Waals surface area contributed by atoms with Crippen LogP contribution in [0.3, 0.4) is 0 Å². The van der Waals surface area contributed by atoms with Crippen molar-refractivity contribution < 1.29 is 9.53 Å². The SMILES string of the molecule is CCC1(CNC(=O)C2(COC)CCNC2)CCC1. The summed E-state index contributed by atoms with van der Waals surface area (Å²) < 4.78 is 5.25. The Balaban J connectivity index is 1.89. The predicted molar refractivity (Wildman–Crippen MR) is 71.4 cm³/mol. The number of carbonyl (C=O) groups is 1. The highest BCUT2D eigenvalue weighted by atomic mass is 16.5. The molecule has 1 saturated carbocycles. The third-order valence-corrected chi connectivity index (χ3v) is 4.93. The minimum atomic E-state index is -0.340. The summed E-state index contributed by atoms with van der Waals surface area (Å²) in [5.74, 6) is 0.175. The molecule has 0 radical (unpaired) electrons. The molecule has 0 aromatic heterocycles. The van der Waals surface area contributed by atoms with Crippen LogP contribution in [0.1, 0.15) is 39.0 Å². The lowest BCUT2D eigenvalue weighted by Crippen LogP contribution is -2.50. The zero-order valence-electron chi connectivity index (χ0n) is 11.7. The molecule has 18 heavy (non-hydrogen) atoms. The van der Waals surface area contributed by atoms with Crippen LogP contribution in [0.4, 0.5) is 0 Å². The van der Waals surface area contributed by atoms with Crippen molar-refractivity contribution in [2.45, 2.75) is 39.0 Å². The summed E-state index contributed by atoms with van der Waals surface area (Å²) in [5, 5.41) is 6.46. The van der Waals surface area contributed by atoms with Gasteiger partial charge in [0.05, 0.1) is 12.0 Å². The van der Waals surface area contributed by atoms with Crippen LogP contribution in [0.5, 0.6) is 0 Å². The number of hydrogen-bond donors (Lipinski definition) is 2. The second kappa shape index (κ2) is 5.57. The van der Waals surface area contributed by atoms with Crippen LogP contribution in [0.15, 0.2) is 0 Å². The Morgan fingerprint density at radius 3 is 2.61 bits per heavy atom. The highest BCUT2D eigenvalue weighted by molar-refractivity contribution is 5.83. The molecular weight excluding hydrogens is 228 g/mol. The Morgan fingerprint density at radius 2 is 2.17 bits per heavy atom. The number of carbonyl (C=O) groups excluding carboxylic acids is 1. The maximum atomic E-state index is 12.4. The van der Waals surface area contributed by atoms with Gasteiger partial charge in [0.25, 0.3) is 0 Å². The van der Waals surface area contributed by atoms with Crippen LogP contribution in [-0.4, -0.2) is 39.3 Å². The fraction of sp³-hybridized carbons (Fsp3) is 0.929. The van der Waals surface area contributed by atoms with Gasteiger partial charge >= 0.3 is 0 Å². The number of hydrogen-bond acceptors (Lipinski definition) is 3. The van der Waals surface area contributed by atoms with Crippen LogP contribution in [0, 0.1) is 10.8 Å². The summed E-state index contributed by atoms with van der Waals surface area (Å²) in [6, 6.07) is 0. The second-order valence-electron chi connectivity index (χ2n) is 6.03. The van der Waals surface area contributed by atoms with E-state index < -0.39 is 0 Å². The molecule has 1 saturated heterocycles. The van der Waals surface area contributed by atoms with Crippen LogP contribution in [0.2, 0.25) is 0 Å². The van der Waals surface area contributed by atoms with Gasteiger partial charge in [-0.05, 0) is 37.6 Å². The first-order chi connectivity index (χ1) is 8.66. The molecule has 1 heterocycles. The van der Waals surface area contributed by atoms with Crippen LogP contribution < -0.4 is 10.6 Å². The molecule has 0 aromatic carbocycles. The van der Waals surface area contributed by atoms with Crippen molar-refractivity contribution >= 4 is 5.91 Å². The lowest BCUT2D eigenvalue weighted by atomic mass is 9.67. The van der Waals surface area contributed by atoms with Gasteiger partial charge in [-0.3, -0.25) is 4.79 Å². The zero-order chi connectivity index (χ0) is 13.1. The minimum absolute atomic E-state index is 0.175. The molecule has 4 heteroatoms. The van der Waals surface area contributed by atoms with E-state index in [-0.39, 0.29) is 11.3 Å². The molecule has 1 unspecified atom stereocenters. The maximum absolute atomic E-state index is 12.4.